The largest absolute Gasteiger partial charge is 0.372 e. The first-order valence-corrected chi connectivity index (χ1v) is 6.22. The van der Waals surface area contributed by atoms with Crippen molar-refractivity contribution >= 4 is 17.5 Å². The number of amides is 1. The first-order chi connectivity index (χ1) is 7.27. The van der Waals surface area contributed by atoms with Crippen molar-refractivity contribution in [2.24, 2.45) is 5.92 Å². The molecule has 0 N–H and O–H groups in total. The quantitative estimate of drug-likeness (QED) is 0.536. The van der Waals surface area contributed by atoms with E-state index >= 15 is 0 Å². The van der Waals surface area contributed by atoms with Crippen molar-refractivity contribution in [3.63, 3.8) is 0 Å². The Balaban J connectivity index is 2.18. The lowest BCUT2D eigenvalue weighted by Gasteiger charge is -2.31. The molecule has 0 atom stereocenters. The van der Waals surface area contributed by atoms with Crippen molar-refractivity contribution in [3.8, 4) is 0 Å². The van der Waals surface area contributed by atoms with Crippen molar-refractivity contribution in [2.45, 2.75) is 26.2 Å². The molecule has 4 heteroatoms. The standard InChI is InChI=1S/C11H20ClNO2/c1-2-7-15-9-11(14)13-5-3-10(8-12)4-6-13/h10H,2-9H2,1H3. The van der Waals surface area contributed by atoms with Crippen molar-refractivity contribution in [1.82, 2.24) is 4.90 Å². The molecule has 1 heterocycles. The van der Waals surface area contributed by atoms with Crippen molar-refractivity contribution < 1.29 is 9.53 Å². The van der Waals surface area contributed by atoms with E-state index in [1.807, 2.05) is 11.8 Å². The maximum absolute atomic E-state index is 11.6. The zero-order valence-corrected chi connectivity index (χ0v) is 10.1. The maximum Gasteiger partial charge on any atom is 0.248 e. The highest BCUT2D eigenvalue weighted by molar-refractivity contribution is 6.18. The highest BCUT2D eigenvalue weighted by Crippen LogP contribution is 2.18. The van der Waals surface area contributed by atoms with E-state index in [4.69, 9.17) is 16.3 Å². The van der Waals surface area contributed by atoms with Crippen molar-refractivity contribution in [3.05, 3.63) is 0 Å². The monoisotopic (exact) mass is 233 g/mol. The Kier molecular flexibility index (Phi) is 6.03. The number of carbonyl (C=O) groups excluding carboxylic acids is 1. The molecule has 15 heavy (non-hydrogen) atoms. The van der Waals surface area contributed by atoms with Crippen LogP contribution in [0.5, 0.6) is 0 Å². The van der Waals surface area contributed by atoms with E-state index in [1.54, 1.807) is 0 Å². The third-order valence-electron chi connectivity index (χ3n) is 2.76. The fraction of sp³-hybridized carbons (Fsp3) is 0.909. The number of carbonyl (C=O) groups is 1. The lowest BCUT2D eigenvalue weighted by molar-refractivity contribution is -0.137. The van der Waals surface area contributed by atoms with Crippen LogP contribution in [0.15, 0.2) is 0 Å². The number of hydrogen-bond donors (Lipinski definition) is 0. The van der Waals surface area contributed by atoms with Gasteiger partial charge in [0.05, 0.1) is 0 Å². The van der Waals surface area contributed by atoms with Crippen LogP contribution in [0, 0.1) is 5.92 Å². The van der Waals surface area contributed by atoms with Gasteiger partial charge in [-0.15, -0.1) is 11.6 Å². The molecule has 3 nitrogen and oxygen atoms in total. The van der Waals surface area contributed by atoms with Crippen LogP contribution >= 0.6 is 11.6 Å². The van der Waals surface area contributed by atoms with Gasteiger partial charge in [-0.1, -0.05) is 6.92 Å². The molecule has 1 fully saturated rings. The minimum Gasteiger partial charge on any atom is -0.372 e. The van der Waals surface area contributed by atoms with Gasteiger partial charge < -0.3 is 9.64 Å². The summed E-state index contributed by atoms with van der Waals surface area (Å²) >= 11 is 5.78. The van der Waals surface area contributed by atoms with E-state index in [-0.39, 0.29) is 12.5 Å². The third-order valence-corrected chi connectivity index (χ3v) is 3.20. The van der Waals surface area contributed by atoms with E-state index in [1.165, 1.54) is 0 Å². The Bertz CT molecular complexity index is 191. The van der Waals surface area contributed by atoms with Gasteiger partial charge in [0.15, 0.2) is 0 Å². The van der Waals surface area contributed by atoms with E-state index in [0.717, 1.165) is 32.4 Å². The molecule has 0 unspecified atom stereocenters. The van der Waals surface area contributed by atoms with Crippen LogP contribution in [0.3, 0.4) is 0 Å². The average molecular weight is 234 g/mol. The number of alkyl halides is 1. The maximum atomic E-state index is 11.6. The van der Waals surface area contributed by atoms with E-state index in [0.29, 0.717) is 18.4 Å². The van der Waals surface area contributed by atoms with Gasteiger partial charge in [-0.3, -0.25) is 4.79 Å². The molecule has 1 aliphatic rings. The molecule has 0 saturated carbocycles. The van der Waals surface area contributed by atoms with Crippen LogP contribution < -0.4 is 0 Å². The first kappa shape index (κ1) is 12.8. The van der Waals surface area contributed by atoms with Gasteiger partial charge in [0, 0.05) is 25.6 Å². The summed E-state index contributed by atoms with van der Waals surface area (Å²) in [6.45, 7) is 4.62. The molecular weight excluding hydrogens is 214 g/mol. The second-order valence-electron chi connectivity index (χ2n) is 4.03. The van der Waals surface area contributed by atoms with Crippen LogP contribution in [-0.4, -0.2) is 43.0 Å². The highest BCUT2D eigenvalue weighted by Gasteiger charge is 2.21. The highest BCUT2D eigenvalue weighted by atomic mass is 35.5. The van der Waals surface area contributed by atoms with E-state index in [9.17, 15) is 4.79 Å². The minimum absolute atomic E-state index is 0.122. The molecule has 0 aromatic rings. The van der Waals surface area contributed by atoms with Gasteiger partial charge in [-0.25, -0.2) is 0 Å². The minimum atomic E-state index is 0.122. The summed E-state index contributed by atoms with van der Waals surface area (Å²) in [7, 11) is 0. The number of halogens is 1. The predicted molar refractivity (Wildman–Crippen MR) is 61.1 cm³/mol. The summed E-state index contributed by atoms with van der Waals surface area (Å²) in [6, 6.07) is 0. The van der Waals surface area contributed by atoms with Gasteiger partial charge in [0.25, 0.3) is 0 Å². The van der Waals surface area contributed by atoms with Gasteiger partial charge in [0.2, 0.25) is 5.91 Å². The average Bonchev–Trinajstić information content (AvgIpc) is 2.29. The Hall–Kier alpha value is -0.280. The predicted octanol–water partition coefficient (Wildman–Crippen LogP) is 1.89. The third kappa shape index (κ3) is 4.39. The lowest BCUT2D eigenvalue weighted by atomic mass is 9.99. The Morgan fingerprint density at radius 1 is 1.47 bits per heavy atom. The van der Waals surface area contributed by atoms with Crippen LogP contribution in [0.2, 0.25) is 0 Å². The second-order valence-corrected chi connectivity index (χ2v) is 4.34. The number of ether oxygens (including phenoxy) is 1. The molecule has 1 aliphatic heterocycles. The number of nitrogens with zero attached hydrogens (tertiary/aromatic N) is 1. The molecule has 1 amide bonds. The van der Waals surface area contributed by atoms with E-state index < -0.39 is 0 Å². The Morgan fingerprint density at radius 2 is 2.13 bits per heavy atom. The lowest BCUT2D eigenvalue weighted by Crippen LogP contribution is -2.40. The molecule has 0 radical (unpaired) electrons. The molecule has 0 aliphatic carbocycles. The summed E-state index contributed by atoms with van der Waals surface area (Å²) in [5.41, 5.74) is 0. The fourth-order valence-electron chi connectivity index (χ4n) is 1.73. The van der Waals surface area contributed by atoms with Crippen LogP contribution in [0.1, 0.15) is 26.2 Å². The van der Waals surface area contributed by atoms with Gasteiger partial charge in [-0.05, 0) is 25.2 Å². The molecule has 0 bridgehead atoms. The summed E-state index contributed by atoms with van der Waals surface area (Å²) in [5.74, 6) is 1.43. The summed E-state index contributed by atoms with van der Waals surface area (Å²) in [6.07, 6.45) is 3.02. The van der Waals surface area contributed by atoms with Gasteiger partial charge >= 0.3 is 0 Å². The summed E-state index contributed by atoms with van der Waals surface area (Å²) in [5, 5.41) is 0. The Morgan fingerprint density at radius 3 is 2.67 bits per heavy atom. The second kappa shape index (κ2) is 7.07. The van der Waals surface area contributed by atoms with Crippen LogP contribution in [0.4, 0.5) is 0 Å². The summed E-state index contributed by atoms with van der Waals surface area (Å²) < 4.78 is 5.23. The molecule has 1 saturated heterocycles. The molecule has 0 spiro atoms. The molecular formula is C11H20ClNO2. The fourth-order valence-corrected chi connectivity index (χ4v) is 2.04. The van der Waals surface area contributed by atoms with Crippen molar-refractivity contribution in [2.75, 3.05) is 32.2 Å². The zero-order chi connectivity index (χ0) is 11.1. The Labute approximate surface area is 96.7 Å². The van der Waals surface area contributed by atoms with Gasteiger partial charge in [0.1, 0.15) is 6.61 Å². The topological polar surface area (TPSA) is 29.5 Å². The molecule has 1 rings (SSSR count). The van der Waals surface area contributed by atoms with Gasteiger partial charge in [-0.2, -0.15) is 0 Å². The molecule has 88 valence electrons. The zero-order valence-electron chi connectivity index (χ0n) is 9.38. The van der Waals surface area contributed by atoms with Crippen molar-refractivity contribution in [1.29, 1.82) is 0 Å². The smallest absolute Gasteiger partial charge is 0.248 e. The number of piperidine rings is 1. The normalized spacial score (nSPS) is 18.1. The number of rotatable bonds is 5. The van der Waals surface area contributed by atoms with Crippen LogP contribution in [0.25, 0.3) is 0 Å². The number of hydrogen-bond acceptors (Lipinski definition) is 2. The molecule has 0 aromatic heterocycles. The van der Waals surface area contributed by atoms with Crippen LogP contribution in [-0.2, 0) is 9.53 Å². The SMILES string of the molecule is CCCOCC(=O)N1CCC(CCl)CC1. The first-order valence-electron chi connectivity index (χ1n) is 5.69. The summed E-state index contributed by atoms with van der Waals surface area (Å²) in [4.78, 5) is 13.5. The van der Waals surface area contributed by atoms with E-state index in [2.05, 4.69) is 0 Å². The molecule has 0 aromatic carbocycles. The number of likely N-dealkylation sites (tertiary alicyclic amines) is 1.